The van der Waals surface area contributed by atoms with E-state index in [2.05, 4.69) is 15.3 Å². The molecule has 2 aromatic rings. The molecular weight excluding hydrogens is 493 g/mol. The van der Waals surface area contributed by atoms with Crippen molar-refractivity contribution < 1.29 is 4.79 Å². The van der Waals surface area contributed by atoms with Crippen LogP contribution in [0.5, 0.6) is 0 Å². The van der Waals surface area contributed by atoms with E-state index in [1.165, 1.54) is 40.2 Å². The molecule has 3 aliphatic heterocycles. The van der Waals surface area contributed by atoms with Gasteiger partial charge in [-0.15, -0.1) is 23.5 Å². The summed E-state index contributed by atoms with van der Waals surface area (Å²) in [6.07, 6.45) is 3.33. The van der Waals surface area contributed by atoms with Gasteiger partial charge in [0.05, 0.1) is 33.2 Å². The molecule has 30 heavy (non-hydrogen) atoms. The Hall–Kier alpha value is -1.11. The number of rotatable bonds is 3. The van der Waals surface area contributed by atoms with Gasteiger partial charge in [-0.3, -0.25) is 14.8 Å². The lowest BCUT2D eigenvalue weighted by atomic mass is 10.2. The van der Waals surface area contributed by atoms with Crippen molar-refractivity contribution in [1.29, 1.82) is 0 Å². The Morgan fingerprint density at radius 2 is 1.60 bits per heavy atom. The van der Waals surface area contributed by atoms with Gasteiger partial charge in [0.1, 0.15) is 11.4 Å². The number of nitrogens with one attached hydrogen (secondary N) is 1. The van der Waals surface area contributed by atoms with E-state index in [0.717, 1.165) is 0 Å². The van der Waals surface area contributed by atoms with Crippen LogP contribution in [-0.4, -0.2) is 27.4 Å². The van der Waals surface area contributed by atoms with E-state index in [1.54, 1.807) is 42.4 Å². The largest absolute Gasteiger partial charge is 0.397 e. The van der Waals surface area contributed by atoms with E-state index >= 15 is 0 Å². The van der Waals surface area contributed by atoms with Gasteiger partial charge in [-0.05, 0) is 29.7 Å². The van der Waals surface area contributed by atoms with Gasteiger partial charge in [0.15, 0.2) is 0 Å². The van der Waals surface area contributed by atoms with Gasteiger partial charge in [-0.2, -0.15) is 0 Å². The van der Waals surface area contributed by atoms with Gasteiger partial charge in [0, 0.05) is 23.9 Å². The third kappa shape index (κ3) is 4.28. The lowest BCUT2D eigenvalue weighted by molar-refractivity contribution is -0.112. The highest BCUT2D eigenvalue weighted by molar-refractivity contribution is 8.43. The fourth-order valence-corrected chi connectivity index (χ4v) is 11.2. The maximum Gasteiger partial charge on any atom is 0.263 e. The number of hydrogen-bond donors (Lipinski definition) is 2. The van der Waals surface area contributed by atoms with Crippen LogP contribution in [0.4, 0.5) is 11.4 Å². The molecule has 11 heteroatoms. The van der Waals surface area contributed by atoms with Crippen molar-refractivity contribution in [2.75, 3.05) is 22.6 Å². The van der Waals surface area contributed by atoms with Gasteiger partial charge in [0.25, 0.3) is 5.91 Å². The van der Waals surface area contributed by atoms with Crippen LogP contribution in [0.1, 0.15) is 0 Å². The summed E-state index contributed by atoms with van der Waals surface area (Å²) >= 11 is 10.7. The number of nitrogens with two attached hydrogens (primary N) is 1. The first-order valence-electron chi connectivity index (χ1n) is 8.81. The van der Waals surface area contributed by atoms with Crippen molar-refractivity contribution in [3.8, 4) is 11.4 Å². The monoisotopic (exact) mass is 506 g/mol. The van der Waals surface area contributed by atoms with Crippen LogP contribution in [-0.2, 0) is 4.79 Å². The molecule has 3 aliphatic rings. The Labute approximate surface area is 199 Å². The normalized spacial score (nSPS) is 18.5. The SMILES string of the molecule is Nc1cccnc1-c1ncccc1NC(=O)C1=CSC(=C2SC3=C(SCCS3)S2)S1. The Bertz CT molecular complexity index is 1110. The number of pyridine rings is 2. The van der Waals surface area contributed by atoms with Crippen molar-refractivity contribution in [3.05, 3.63) is 63.9 Å². The second kappa shape index (κ2) is 9.17. The molecule has 152 valence electrons. The summed E-state index contributed by atoms with van der Waals surface area (Å²) in [7, 11) is 0. The number of nitrogens with zero attached hydrogens (tertiary/aromatic N) is 2. The zero-order chi connectivity index (χ0) is 20.5. The van der Waals surface area contributed by atoms with Gasteiger partial charge >= 0.3 is 0 Å². The number of hydrogen-bond acceptors (Lipinski definition) is 10. The quantitative estimate of drug-likeness (QED) is 0.502. The molecule has 2 aromatic heterocycles. The van der Waals surface area contributed by atoms with Crippen LogP contribution >= 0.6 is 70.6 Å². The molecule has 0 unspecified atom stereocenters. The molecule has 0 saturated heterocycles. The maximum atomic E-state index is 12.9. The minimum Gasteiger partial charge on any atom is -0.397 e. The van der Waals surface area contributed by atoms with Crippen LogP contribution in [0.2, 0.25) is 0 Å². The number of nitrogen functional groups attached to an aromatic ring is 1. The number of carbonyl (C=O) groups excluding carboxylic acids is 1. The van der Waals surface area contributed by atoms with Gasteiger partial charge in [0.2, 0.25) is 0 Å². The standard InChI is InChI=1S/C19H14N4OS6/c20-10-3-1-5-21-13(10)14-11(4-2-6-22-14)23-15(24)12-9-27-18(28-12)19-29-16-17(30-19)26-8-7-25-16/h1-6,9H,7-8,20H2,(H,23,24). The Morgan fingerprint density at radius 1 is 0.900 bits per heavy atom. The Morgan fingerprint density at radius 3 is 2.33 bits per heavy atom. The zero-order valence-corrected chi connectivity index (χ0v) is 20.2. The van der Waals surface area contributed by atoms with Gasteiger partial charge in [-0.1, -0.05) is 47.0 Å². The Kier molecular flexibility index (Phi) is 6.35. The smallest absolute Gasteiger partial charge is 0.263 e. The molecule has 5 rings (SSSR count). The molecule has 5 nitrogen and oxygen atoms in total. The molecule has 0 aromatic carbocycles. The summed E-state index contributed by atoms with van der Waals surface area (Å²) in [6.45, 7) is 0. The molecule has 0 fully saturated rings. The van der Waals surface area contributed by atoms with Crippen molar-refractivity contribution in [1.82, 2.24) is 9.97 Å². The summed E-state index contributed by atoms with van der Waals surface area (Å²) in [5.74, 6) is 2.18. The summed E-state index contributed by atoms with van der Waals surface area (Å²) < 4.78 is 5.27. The molecule has 0 aliphatic carbocycles. The number of thioether (sulfide) groups is 6. The predicted octanol–water partition coefficient (Wildman–Crippen LogP) is 6.20. The van der Waals surface area contributed by atoms with E-state index < -0.39 is 0 Å². The first kappa shape index (κ1) is 20.8. The molecule has 0 saturated carbocycles. The summed E-state index contributed by atoms with van der Waals surface area (Å²) in [6, 6.07) is 7.15. The molecule has 0 bridgehead atoms. The van der Waals surface area contributed by atoms with E-state index in [1.807, 2.05) is 58.5 Å². The van der Waals surface area contributed by atoms with Crippen molar-refractivity contribution in [3.63, 3.8) is 0 Å². The summed E-state index contributed by atoms with van der Waals surface area (Å²) in [4.78, 5) is 22.3. The van der Waals surface area contributed by atoms with Crippen LogP contribution in [0.3, 0.4) is 0 Å². The molecular formula is C19H14N4OS6. The second-order valence-corrected chi connectivity index (χ2v) is 13.3. The van der Waals surface area contributed by atoms with E-state index in [4.69, 9.17) is 5.73 Å². The number of aromatic nitrogens is 2. The lowest BCUT2D eigenvalue weighted by Crippen LogP contribution is -2.13. The van der Waals surface area contributed by atoms with E-state index in [9.17, 15) is 4.79 Å². The van der Waals surface area contributed by atoms with Gasteiger partial charge < -0.3 is 11.1 Å². The van der Waals surface area contributed by atoms with Crippen LogP contribution in [0, 0.1) is 0 Å². The van der Waals surface area contributed by atoms with Crippen molar-refractivity contribution in [2.45, 2.75) is 0 Å². The molecule has 3 N–H and O–H groups in total. The van der Waals surface area contributed by atoms with Crippen molar-refractivity contribution in [2.24, 2.45) is 0 Å². The third-order valence-corrected chi connectivity index (χ3v) is 12.8. The molecule has 0 atom stereocenters. The first-order valence-corrected chi connectivity index (χ1v) is 14.1. The Balaban J connectivity index is 1.31. The molecule has 0 spiro atoms. The average Bonchev–Trinajstić information content (AvgIpc) is 3.42. The first-order chi connectivity index (χ1) is 14.7. The van der Waals surface area contributed by atoms with E-state index in [-0.39, 0.29) is 5.91 Å². The zero-order valence-electron chi connectivity index (χ0n) is 15.3. The second-order valence-electron chi connectivity index (χ2n) is 6.05. The maximum absolute atomic E-state index is 12.9. The molecule has 1 amide bonds. The highest BCUT2D eigenvalue weighted by Gasteiger charge is 2.30. The lowest BCUT2D eigenvalue weighted by Gasteiger charge is -2.11. The fourth-order valence-electron chi connectivity index (χ4n) is 2.74. The minimum atomic E-state index is -0.152. The van der Waals surface area contributed by atoms with E-state index in [0.29, 0.717) is 27.7 Å². The van der Waals surface area contributed by atoms with Crippen molar-refractivity contribution >= 4 is 87.9 Å². The number of carbonyl (C=O) groups is 1. The minimum absolute atomic E-state index is 0.152. The van der Waals surface area contributed by atoms with Crippen LogP contribution in [0.15, 0.2) is 63.9 Å². The topological polar surface area (TPSA) is 80.9 Å². The third-order valence-electron chi connectivity index (χ3n) is 4.07. The highest BCUT2D eigenvalue weighted by Crippen LogP contribution is 2.63. The number of anilines is 2. The summed E-state index contributed by atoms with van der Waals surface area (Å²) in [5, 5.41) is 4.91. The molecule has 5 heterocycles. The van der Waals surface area contributed by atoms with Crippen LogP contribution < -0.4 is 11.1 Å². The number of amides is 1. The van der Waals surface area contributed by atoms with Crippen LogP contribution in [0.25, 0.3) is 11.4 Å². The fraction of sp³-hybridized carbons (Fsp3) is 0.105. The van der Waals surface area contributed by atoms with Gasteiger partial charge in [-0.25, -0.2) is 0 Å². The highest BCUT2D eigenvalue weighted by atomic mass is 32.3. The predicted molar refractivity (Wildman–Crippen MR) is 138 cm³/mol. The molecule has 0 radical (unpaired) electrons. The summed E-state index contributed by atoms with van der Waals surface area (Å²) in [5.41, 5.74) is 8.29. The average molecular weight is 507 g/mol.